The molecule has 35 heavy (non-hydrogen) atoms. The summed E-state index contributed by atoms with van der Waals surface area (Å²) in [5.41, 5.74) is 0. The predicted octanol–water partition coefficient (Wildman–Crippen LogP) is 10.2. The molecule has 0 radical (unpaired) electrons. The summed E-state index contributed by atoms with van der Waals surface area (Å²) in [6.45, 7) is 4.48. The number of ether oxygens (including phenoxy) is 1. The topological polar surface area (TPSA) is 63.6 Å². The summed E-state index contributed by atoms with van der Waals surface area (Å²) in [6.07, 6.45) is 29.9. The first-order chi connectivity index (χ1) is 17.1. The Morgan fingerprint density at radius 3 is 1.31 bits per heavy atom. The molecule has 0 spiro atoms. The second-order valence-electron chi connectivity index (χ2n) is 10.7. The number of unbranched alkanes of at least 4 members (excludes halogenated alkanes) is 19. The van der Waals surface area contributed by atoms with Crippen molar-refractivity contribution in [3.8, 4) is 0 Å². The van der Waals surface area contributed by atoms with Gasteiger partial charge >= 0.3 is 11.9 Å². The third kappa shape index (κ3) is 27.4. The summed E-state index contributed by atoms with van der Waals surface area (Å²) in [5.74, 6) is -0.665. The van der Waals surface area contributed by atoms with Crippen molar-refractivity contribution in [1.82, 2.24) is 0 Å². The highest BCUT2D eigenvalue weighted by molar-refractivity contribution is 5.69. The van der Waals surface area contributed by atoms with Gasteiger partial charge in [0, 0.05) is 12.8 Å². The lowest BCUT2D eigenvalue weighted by Crippen LogP contribution is -2.18. The summed E-state index contributed by atoms with van der Waals surface area (Å²) in [6, 6.07) is 0. The molecule has 0 fully saturated rings. The van der Waals surface area contributed by atoms with Crippen molar-refractivity contribution in [2.75, 3.05) is 0 Å². The number of carboxylic acid groups (broad SMARTS) is 1. The Kier molecular flexibility index (Phi) is 26.7. The van der Waals surface area contributed by atoms with Crippen LogP contribution in [-0.4, -0.2) is 23.1 Å². The highest BCUT2D eigenvalue weighted by Crippen LogP contribution is 2.18. The summed E-state index contributed by atoms with van der Waals surface area (Å²) in [5, 5.41) is 8.67. The summed E-state index contributed by atoms with van der Waals surface area (Å²) < 4.78 is 5.89. The van der Waals surface area contributed by atoms with Gasteiger partial charge in [0.1, 0.15) is 6.10 Å². The van der Waals surface area contributed by atoms with Crippen molar-refractivity contribution in [3.63, 3.8) is 0 Å². The van der Waals surface area contributed by atoms with E-state index in [1.165, 1.54) is 96.3 Å². The molecule has 0 aromatic carbocycles. The molecule has 4 heteroatoms. The van der Waals surface area contributed by atoms with Gasteiger partial charge in [0.15, 0.2) is 0 Å². The van der Waals surface area contributed by atoms with Gasteiger partial charge in [0.25, 0.3) is 0 Å². The minimum Gasteiger partial charge on any atom is -0.481 e. The second-order valence-corrected chi connectivity index (χ2v) is 10.7. The minimum atomic E-state index is -0.682. The molecule has 0 aromatic heterocycles. The van der Waals surface area contributed by atoms with Crippen molar-refractivity contribution in [2.24, 2.45) is 0 Å². The second kappa shape index (κ2) is 27.5. The first kappa shape index (κ1) is 33.9. The molecule has 1 unspecified atom stereocenters. The summed E-state index contributed by atoms with van der Waals surface area (Å²) in [4.78, 5) is 22.9. The molecule has 208 valence electrons. The van der Waals surface area contributed by atoms with Crippen LogP contribution in [0.1, 0.15) is 181 Å². The largest absolute Gasteiger partial charge is 0.481 e. The average molecular weight is 497 g/mol. The number of aliphatic carboxylic acids is 1. The van der Waals surface area contributed by atoms with Crippen molar-refractivity contribution >= 4 is 11.9 Å². The smallest absolute Gasteiger partial charge is 0.306 e. The van der Waals surface area contributed by atoms with Gasteiger partial charge in [-0.1, -0.05) is 129 Å². The third-order valence-electron chi connectivity index (χ3n) is 7.08. The summed E-state index contributed by atoms with van der Waals surface area (Å²) >= 11 is 0. The van der Waals surface area contributed by atoms with Gasteiger partial charge < -0.3 is 9.84 Å². The van der Waals surface area contributed by atoms with Crippen molar-refractivity contribution in [3.05, 3.63) is 0 Å². The minimum absolute atomic E-state index is 0.0174. The average Bonchev–Trinajstić information content (AvgIpc) is 2.83. The van der Waals surface area contributed by atoms with Crippen molar-refractivity contribution < 1.29 is 19.4 Å². The third-order valence-corrected chi connectivity index (χ3v) is 7.08. The Morgan fingerprint density at radius 2 is 0.857 bits per heavy atom. The maximum Gasteiger partial charge on any atom is 0.306 e. The number of rotatable bonds is 28. The first-order valence-electron chi connectivity index (χ1n) is 15.5. The van der Waals surface area contributed by atoms with E-state index in [0.29, 0.717) is 12.8 Å². The van der Waals surface area contributed by atoms with Crippen LogP contribution < -0.4 is 0 Å². The maximum absolute atomic E-state index is 12.4. The van der Waals surface area contributed by atoms with Crippen LogP contribution in [0.4, 0.5) is 0 Å². The molecule has 0 rings (SSSR count). The highest BCUT2D eigenvalue weighted by Gasteiger charge is 2.14. The molecule has 4 nitrogen and oxygen atoms in total. The lowest BCUT2D eigenvalue weighted by atomic mass is 10.0. The lowest BCUT2D eigenvalue weighted by molar-refractivity contribution is -0.150. The fourth-order valence-corrected chi connectivity index (χ4v) is 4.77. The van der Waals surface area contributed by atoms with Crippen LogP contribution in [0, 0.1) is 0 Å². The van der Waals surface area contributed by atoms with Gasteiger partial charge in [0.05, 0.1) is 0 Å². The van der Waals surface area contributed by atoms with E-state index in [0.717, 1.165) is 57.8 Å². The van der Waals surface area contributed by atoms with Crippen LogP contribution in [0.2, 0.25) is 0 Å². The van der Waals surface area contributed by atoms with E-state index < -0.39 is 5.97 Å². The highest BCUT2D eigenvalue weighted by atomic mass is 16.5. The molecule has 0 saturated carbocycles. The maximum atomic E-state index is 12.4. The zero-order chi connectivity index (χ0) is 25.8. The van der Waals surface area contributed by atoms with Crippen LogP contribution in [0.25, 0.3) is 0 Å². The number of esters is 1. The lowest BCUT2D eigenvalue weighted by Gasteiger charge is -2.18. The molecule has 0 aromatic rings. The molecule has 0 aliphatic carbocycles. The van der Waals surface area contributed by atoms with E-state index in [1.54, 1.807) is 0 Å². The van der Waals surface area contributed by atoms with Gasteiger partial charge in [-0.15, -0.1) is 0 Å². The molecule has 0 heterocycles. The fraction of sp³-hybridized carbons (Fsp3) is 0.935. The van der Waals surface area contributed by atoms with Gasteiger partial charge in [-0.05, 0) is 38.5 Å². The Balaban J connectivity index is 3.78. The molecule has 0 aliphatic heterocycles. The normalized spacial score (nSPS) is 12.1. The standard InChI is InChI=1S/C31H60O4/c1-3-5-7-8-9-10-11-12-17-20-24-28-31(34)35-29(25-21-6-4-2)26-22-18-15-13-14-16-19-23-27-30(32)33/h29H,3-28H2,1-2H3,(H,32,33). The SMILES string of the molecule is CCCCCCCCCCCCCC(=O)OC(CCCCC)CCCCCCCCCCC(=O)O. The van der Waals surface area contributed by atoms with E-state index in [9.17, 15) is 9.59 Å². The zero-order valence-electron chi connectivity index (χ0n) is 23.6. The number of carboxylic acids is 1. The van der Waals surface area contributed by atoms with E-state index in [2.05, 4.69) is 13.8 Å². The van der Waals surface area contributed by atoms with E-state index in [1.807, 2.05) is 0 Å². The Morgan fingerprint density at radius 1 is 0.514 bits per heavy atom. The quantitative estimate of drug-likeness (QED) is 0.0864. The van der Waals surface area contributed by atoms with Crippen LogP contribution in [0.3, 0.4) is 0 Å². The predicted molar refractivity (Wildman–Crippen MR) is 149 cm³/mol. The number of hydrogen-bond acceptors (Lipinski definition) is 3. The van der Waals surface area contributed by atoms with Crippen molar-refractivity contribution in [2.45, 2.75) is 187 Å². The van der Waals surface area contributed by atoms with Crippen LogP contribution >= 0.6 is 0 Å². The number of carbonyl (C=O) groups excluding carboxylic acids is 1. The van der Waals surface area contributed by atoms with Crippen LogP contribution in [-0.2, 0) is 14.3 Å². The Labute approximate surface area is 218 Å². The molecule has 0 aliphatic rings. The summed E-state index contributed by atoms with van der Waals surface area (Å²) in [7, 11) is 0. The Hall–Kier alpha value is -1.06. The zero-order valence-corrected chi connectivity index (χ0v) is 23.6. The van der Waals surface area contributed by atoms with Gasteiger partial charge in [-0.3, -0.25) is 9.59 Å². The molecule has 1 N–H and O–H groups in total. The van der Waals surface area contributed by atoms with E-state index >= 15 is 0 Å². The van der Waals surface area contributed by atoms with Crippen molar-refractivity contribution in [1.29, 1.82) is 0 Å². The number of hydrogen-bond donors (Lipinski definition) is 1. The molecule has 1 atom stereocenters. The fourth-order valence-electron chi connectivity index (χ4n) is 4.77. The molecular weight excluding hydrogens is 436 g/mol. The monoisotopic (exact) mass is 496 g/mol. The number of carbonyl (C=O) groups is 2. The van der Waals surface area contributed by atoms with Crippen LogP contribution in [0.5, 0.6) is 0 Å². The molecule has 0 bridgehead atoms. The van der Waals surface area contributed by atoms with E-state index in [4.69, 9.17) is 9.84 Å². The van der Waals surface area contributed by atoms with E-state index in [-0.39, 0.29) is 12.1 Å². The van der Waals surface area contributed by atoms with Gasteiger partial charge in [-0.2, -0.15) is 0 Å². The van der Waals surface area contributed by atoms with Crippen LogP contribution in [0.15, 0.2) is 0 Å². The van der Waals surface area contributed by atoms with Gasteiger partial charge in [0.2, 0.25) is 0 Å². The van der Waals surface area contributed by atoms with Gasteiger partial charge in [-0.25, -0.2) is 0 Å². The molecular formula is C31H60O4. The molecule has 0 saturated heterocycles. The Bertz CT molecular complexity index is 463. The first-order valence-corrected chi connectivity index (χ1v) is 15.5. The molecule has 0 amide bonds.